The summed E-state index contributed by atoms with van der Waals surface area (Å²) in [6, 6.07) is 15.3. The monoisotopic (exact) mass is 402 g/mol. The third kappa shape index (κ3) is 3.42. The van der Waals surface area contributed by atoms with E-state index in [-0.39, 0.29) is 16.3 Å². The first kappa shape index (κ1) is 18.6. The molecule has 9 heteroatoms. The number of rotatable bonds is 3. The van der Waals surface area contributed by atoms with Crippen LogP contribution in [0.4, 0.5) is 5.69 Å². The Morgan fingerprint density at radius 2 is 1.93 bits per heavy atom. The standard InChI is InChI=1S/C20H12BN3O4S/c21-10-1-4-13-16(7-10)27-17-9-12(25)3-6-14(17)19(13)15-5-2-11(8-18(15)28-26)23-20(29)24-22/h1-9H,21H2,(H-,23,26,29)/p+1. The third-order valence-corrected chi connectivity index (χ3v) is 4.72. The van der Waals surface area contributed by atoms with E-state index in [0.717, 1.165) is 16.4 Å². The van der Waals surface area contributed by atoms with Gasteiger partial charge in [0.2, 0.25) is 0 Å². The number of fused-ring (bicyclic) bond motifs is 2. The molecule has 1 heterocycles. The van der Waals surface area contributed by atoms with Gasteiger partial charge < -0.3 is 9.30 Å². The van der Waals surface area contributed by atoms with Gasteiger partial charge in [-0.15, -0.1) is 0 Å². The van der Waals surface area contributed by atoms with E-state index in [1.807, 2.05) is 26.0 Å². The maximum absolute atomic E-state index is 11.9. The lowest BCUT2D eigenvalue weighted by atomic mass is 9.90. The van der Waals surface area contributed by atoms with E-state index in [1.165, 1.54) is 18.2 Å². The van der Waals surface area contributed by atoms with Crippen molar-refractivity contribution in [2.45, 2.75) is 0 Å². The molecule has 0 aromatic heterocycles. The number of hydrogen-bond donors (Lipinski definition) is 2. The maximum Gasteiger partial charge on any atom is 0.491 e. The van der Waals surface area contributed by atoms with Crippen LogP contribution >= 0.6 is 12.2 Å². The smallest absolute Gasteiger partial charge is 0.456 e. The van der Waals surface area contributed by atoms with E-state index in [4.69, 9.17) is 22.0 Å². The summed E-state index contributed by atoms with van der Waals surface area (Å²) in [6.07, 6.45) is 0. The molecule has 2 N–H and O–H groups in total. The molecule has 0 amide bonds. The van der Waals surface area contributed by atoms with E-state index in [2.05, 4.69) is 15.2 Å². The van der Waals surface area contributed by atoms with Crippen LogP contribution in [0.25, 0.3) is 38.4 Å². The summed E-state index contributed by atoms with van der Waals surface area (Å²) in [4.78, 5) is 19.4. The van der Waals surface area contributed by atoms with Crippen molar-refractivity contribution in [2.75, 3.05) is 5.32 Å². The molecule has 1 aliphatic heterocycles. The zero-order valence-corrected chi connectivity index (χ0v) is 16.0. The van der Waals surface area contributed by atoms with Gasteiger partial charge in [-0.2, -0.15) is 0 Å². The van der Waals surface area contributed by atoms with Crippen LogP contribution in [-0.4, -0.2) is 18.2 Å². The van der Waals surface area contributed by atoms with Crippen LogP contribution in [0.15, 0.2) is 63.8 Å². The van der Waals surface area contributed by atoms with Crippen molar-refractivity contribution >= 4 is 47.3 Å². The van der Waals surface area contributed by atoms with Crippen molar-refractivity contribution in [1.82, 2.24) is 0 Å². The molecular formula is C20H13BN3O4S+. The van der Waals surface area contributed by atoms with Gasteiger partial charge in [-0.3, -0.25) is 4.79 Å². The van der Waals surface area contributed by atoms with Gasteiger partial charge >= 0.3 is 5.11 Å². The maximum atomic E-state index is 11.9. The van der Waals surface area contributed by atoms with Crippen molar-refractivity contribution in [3.05, 3.63) is 69.8 Å². The van der Waals surface area contributed by atoms with Gasteiger partial charge in [-0.25, -0.2) is 10.6 Å². The molecule has 0 atom stereocenters. The summed E-state index contributed by atoms with van der Waals surface area (Å²) in [6.45, 7) is 0. The average molecular weight is 402 g/mol. The van der Waals surface area contributed by atoms with Gasteiger partial charge in [0.25, 0.3) is 0 Å². The summed E-state index contributed by atoms with van der Waals surface area (Å²) in [7, 11) is 1.95. The molecule has 1 aliphatic carbocycles. The van der Waals surface area contributed by atoms with Gasteiger partial charge in [-0.1, -0.05) is 17.6 Å². The molecule has 2 aromatic rings. The van der Waals surface area contributed by atoms with Crippen molar-refractivity contribution < 1.29 is 14.6 Å². The second-order valence-electron chi connectivity index (χ2n) is 6.47. The summed E-state index contributed by atoms with van der Waals surface area (Å²) >= 11 is 4.82. The first-order chi connectivity index (χ1) is 14.0. The van der Waals surface area contributed by atoms with Gasteiger partial charge in [0, 0.05) is 51.4 Å². The van der Waals surface area contributed by atoms with Crippen molar-refractivity contribution in [1.29, 1.82) is 5.39 Å². The zero-order chi connectivity index (χ0) is 20.5. The highest BCUT2D eigenvalue weighted by Gasteiger charge is 2.21. The topological polar surface area (TPSA) is 99.9 Å². The predicted molar refractivity (Wildman–Crippen MR) is 117 cm³/mol. The van der Waals surface area contributed by atoms with Gasteiger partial charge in [0.05, 0.1) is 5.39 Å². The van der Waals surface area contributed by atoms with Crippen LogP contribution < -0.4 is 21.1 Å². The highest BCUT2D eigenvalue weighted by atomic mass is 32.1. The molecular weight excluding hydrogens is 389 g/mol. The first-order valence-corrected chi connectivity index (χ1v) is 9.00. The zero-order valence-electron chi connectivity index (χ0n) is 15.2. The summed E-state index contributed by atoms with van der Waals surface area (Å²) in [5, 5.41) is 21.6. The molecule has 0 spiro atoms. The molecule has 2 aromatic carbocycles. The van der Waals surface area contributed by atoms with E-state index in [9.17, 15) is 10.1 Å². The second kappa shape index (κ2) is 7.35. The Bertz CT molecular complexity index is 1350. The number of thiocarbonyl (C=S) groups is 1. The number of hydrogen-bond acceptors (Lipinski definition) is 6. The molecule has 140 valence electrons. The lowest BCUT2D eigenvalue weighted by molar-refractivity contribution is -0.137. The number of nitrogens with one attached hydrogen (secondary N) is 1. The van der Waals surface area contributed by atoms with Gasteiger partial charge in [0.1, 0.15) is 24.9 Å². The average Bonchev–Trinajstić information content (AvgIpc) is 2.71. The van der Waals surface area contributed by atoms with Gasteiger partial charge in [-0.05, 0) is 30.3 Å². The summed E-state index contributed by atoms with van der Waals surface area (Å²) in [5.41, 5.74) is 3.92. The molecule has 0 saturated carbocycles. The minimum Gasteiger partial charge on any atom is -0.456 e. The molecule has 0 fully saturated rings. The van der Waals surface area contributed by atoms with E-state index in [0.29, 0.717) is 28.2 Å². The third-order valence-electron chi connectivity index (χ3n) is 4.54. The van der Waals surface area contributed by atoms with Crippen LogP contribution in [0.5, 0.6) is 5.75 Å². The Hall–Kier alpha value is -3.74. The quantitative estimate of drug-likeness (QED) is 0.136. The Kier molecular flexibility index (Phi) is 4.72. The molecule has 0 bridgehead atoms. The lowest BCUT2D eigenvalue weighted by Crippen LogP contribution is -2.05. The minimum atomic E-state index is -0.168. The molecule has 0 saturated heterocycles. The van der Waals surface area contributed by atoms with Crippen molar-refractivity contribution in [2.24, 2.45) is 0 Å². The highest BCUT2D eigenvalue weighted by molar-refractivity contribution is 7.80. The van der Waals surface area contributed by atoms with Crippen LogP contribution in [0.2, 0.25) is 0 Å². The molecule has 7 nitrogen and oxygen atoms in total. The fourth-order valence-electron chi connectivity index (χ4n) is 3.30. The number of benzene rings is 3. The fourth-order valence-corrected chi connectivity index (χ4v) is 3.42. The van der Waals surface area contributed by atoms with Gasteiger partial charge in [0.15, 0.2) is 11.2 Å². The highest BCUT2D eigenvalue weighted by Crippen LogP contribution is 2.43. The number of nitrogens with zero attached hydrogens (tertiary/aromatic N) is 2. The van der Waals surface area contributed by atoms with Crippen LogP contribution in [0.1, 0.15) is 0 Å². The van der Waals surface area contributed by atoms with Crippen molar-refractivity contribution in [3.8, 4) is 28.2 Å². The molecule has 29 heavy (non-hydrogen) atoms. The fraction of sp³-hybridized carbons (Fsp3) is 0. The normalized spacial score (nSPS) is 10.6. The largest absolute Gasteiger partial charge is 0.491 e. The SMILES string of the molecule is Bc1ccc2c(-c3ccc(NC(=S)[N+]#N)cc3OO)c3ccc(=O)cc-3oc2c1. The Morgan fingerprint density at radius 1 is 1.14 bits per heavy atom. The van der Waals surface area contributed by atoms with E-state index >= 15 is 0 Å². The van der Waals surface area contributed by atoms with Crippen LogP contribution in [0.3, 0.4) is 0 Å². The second-order valence-corrected chi connectivity index (χ2v) is 6.85. The first-order valence-electron chi connectivity index (χ1n) is 8.59. The van der Waals surface area contributed by atoms with Crippen LogP contribution in [-0.2, 0) is 0 Å². The predicted octanol–water partition coefficient (Wildman–Crippen LogP) is 3.22. The molecule has 0 unspecified atom stereocenters. The number of diazo groups is 1. The molecule has 0 radical (unpaired) electrons. The Labute approximate surface area is 170 Å². The molecule has 4 rings (SSSR count). The van der Waals surface area contributed by atoms with E-state index in [1.54, 1.807) is 18.2 Å². The summed E-state index contributed by atoms with van der Waals surface area (Å²) in [5.74, 6) is 0.577. The van der Waals surface area contributed by atoms with E-state index < -0.39 is 0 Å². The summed E-state index contributed by atoms with van der Waals surface area (Å²) < 4.78 is 5.96. The van der Waals surface area contributed by atoms with Crippen LogP contribution in [0, 0.1) is 5.39 Å². The van der Waals surface area contributed by atoms with Crippen molar-refractivity contribution in [3.63, 3.8) is 0 Å². The Balaban J connectivity index is 2.03. The minimum absolute atomic E-state index is 0.130. The molecule has 2 aliphatic rings. The number of anilines is 1. The lowest BCUT2D eigenvalue weighted by Gasteiger charge is -2.16. The Morgan fingerprint density at radius 3 is 2.69 bits per heavy atom.